The second kappa shape index (κ2) is 5.85. The average Bonchev–Trinajstić information content (AvgIpc) is 2.40. The topological polar surface area (TPSA) is 29.3 Å². The van der Waals surface area contributed by atoms with Crippen LogP contribution in [0.4, 0.5) is 15.8 Å². The minimum absolute atomic E-state index is 0.224. The van der Waals surface area contributed by atoms with Crippen molar-refractivity contribution in [3.05, 3.63) is 59.4 Å². The first-order valence-corrected chi connectivity index (χ1v) is 6.48. The van der Waals surface area contributed by atoms with Gasteiger partial charge in [-0.15, -0.1) is 0 Å². The lowest BCUT2D eigenvalue weighted by Crippen LogP contribution is -2.19. The lowest BCUT2D eigenvalue weighted by Gasteiger charge is -2.26. The number of nitrogens with zero attached hydrogens (tertiary/aromatic N) is 1. The Kier molecular flexibility index (Phi) is 4.17. The summed E-state index contributed by atoms with van der Waals surface area (Å²) >= 11 is 0. The van der Waals surface area contributed by atoms with Gasteiger partial charge in [0.25, 0.3) is 0 Å². The van der Waals surface area contributed by atoms with E-state index in [1.807, 2.05) is 32.0 Å². The maximum Gasteiger partial charge on any atom is 0.125 e. The lowest BCUT2D eigenvalue weighted by molar-refractivity contribution is 0.627. The van der Waals surface area contributed by atoms with Crippen molar-refractivity contribution in [1.82, 2.24) is 0 Å². The normalized spacial score (nSPS) is 10.5. The van der Waals surface area contributed by atoms with Crippen LogP contribution >= 0.6 is 0 Å². The van der Waals surface area contributed by atoms with Gasteiger partial charge in [0.15, 0.2) is 0 Å². The van der Waals surface area contributed by atoms with Crippen LogP contribution in [0.5, 0.6) is 0 Å². The summed E-state index contributed by atoms with van der Waals surface area (Å²) in [4.78, 5) is 2.08. The fraction of sp³-hybridized carbons (Fsp3) is 0.250. The summed E-state index contributed by atoms with van der Waals surface area (Å²) in [6, 6.07) is 12.8. The molecule has 2 rings (SSSR count). The van der Waals surface area contributed by atoms with Crippen molar-refractivity contribution < 1.29 is 4.39 Å². The summed E-state index contributed by atoms with van der Waals surface area (Å²) < 4.78 is 13.4. The van der Waals surface area contributed by atoms with Crippen LogP contribution in [0.15, 0.2) is 42.5 Å². The van der Waals surface area contributed by atoms with Crippen LogP contribution in [0, 0.1) is 12.7 Å². The number of hydrogen-bond donors (Lipinski definition) is 1. The van der Waals surface area contributed by atoms with Crippen molar-refractivity contribution >= 4 is 11.4 Å². The lowest BCUT2D eigenvalue weighted by atomic mass is 10.1. The number of aryl methyl sites for hydroxylation is 1. The van der Waals surface area contributed by atoms with E-state index in [4.69, 9.17) is 5.73 Å². The highest BCUT2D eigenvalue weighted by molar-refractivity contribution is 5.67. The molecule has 3 heteroatoms. The van der Waals surface area contributed by atoms with E-state index in [0.717, 1.165) is 23.5 Å². The van der Waals surface area contributed by atoms with Crippen molar-refractivity contribution in [2.75, 3.05) is 11.4 Å². The highest BCUT2D eigenvalue weighted by Gasteiger charge is 2.12. The van der Waals surface area contributed by atoms with E-state index in [0.29, 0.717) is 6.54 Å². The zero-order valence-electron chi connectivity index (χ0n) is 11.4. The molecule has 2 nitrogen and oxygen atoms in total. The summed E-state index contributed by atoms with van der Waals surface area (Å²) in [5.41, 5.74) is 9.94. The van der Waals surface area contributed by atoms with Crippen LogP contribution < -0.4 is 10.6 Å². The number of hydrogen-bond acceptors (Lipinski definition) is 2. The van der Waals surface area contributed by atoms with Gasteiger partial charge < -0.3 is 10.6 Å². The minimum atomic E-state index is -0.224. The van der Waals surface area contributed by atoms with Crippen LogP contribution in [0.3, 0.4) is 0 Å². The summed E-state index contributed by atoms with van der Waals surface area (Å²) in [5.74, 6) is -0.224. The molecule has 0 saturated heterocycles. The molecule has 0 saturated carbocycles. The number of anilines is 2. The molecule has 0 aliphatic rings. The second-order valence-electron chi connectivity index (χ2n) is 4.56. The highest BCUT2D eigenvalue weighted by Crippen LogP contribution is 2.29. The van der Waals surface area contributed by atoms with Gasteiger partial charge in [0.1, 0.15) is 5.82 Å². The molecular weight excluding hydrogens is 239 g/mol. The molecule has 0 amide bonds. The first-order valence-electron chi connectivity index (χ1n) is 6.48. The molecule has 0 atom stereocenters. The van der Waals surface area contributed by atoms with Crippen molar-refractivity contribution in [3.8, 4) is 0 Å². The molecule has 0 aliphatic heterocycles. The zero-order chi connectivity index (χ0) is 13.8. The molecule has 0 fully saturated rings. The standard InChI is InChI=1S/C16H19FN2/c1-3-19(15-6-4-5-14(17)10-15)16-9-12(2)7-8-13(16)11-18/h4-10H,3,11,18H2,1-2H3. The van der Waals surface area contributed by atoms with Gasteiger partial charge in [-0.2, -0.15) is 0 Å². The molecule has 0 bridgehead atoms. The van der Waals surface area contributed by atoms with Crippen molar-refractivity contribution in [2.45, 2.75) is 20.4 Å². The molecule has 0 radical (unpaired) electrons. The monoisotopic (exact) mass is 258 g/mol. The first-order chi connectivity index (χ1) is 9.15. The minimum Gasteiger partial charge on any atom is -0.341 e. The third-order valence-electron chi connectivity index (χ3n) is 3.19. The predicted octanol–water partition coefficient (Wildman–Crippen LogP) is 3.75. The van der Waals surface area contributed by atoms with Crippen molar-refractivity contribution in [2.24, 2.45) is 5.73 Å². The van der Waals surface area contributed by atoms with Crippen LogP contribution in [0.25, 0.3) is 0 Å². The molecule has 0 spiro atoms. The van der Waals surface area contributed by atoms with Gasteiger partial charge in [-0.05, 0) is 49.2 Å². The van der Waals surface area contributed by atoms with Gasteiger partial charge in [0.2, 0.25) is 0 Å². The van der Waals surface area contributed by atoms with E-state index < -0.39 is 0 Å². The second-order valence-corrected chi connectivity index (χ2v) is 4.56. The Morgan fingerprint density at radius 3 is 2.58 bits per heavy atom. The Hall–Kier alpha value is -1.87. The first kappa shape index (κ1) is 13.6. The largest absolute Gasteiger partial charge is 0.341 e. The molecule has 0 aromatic heterocycles. The summed E-state index contributed by atoms with van der Waals surface area (Å²) in [6.07, 6.45) is 0. The van der Waals surface area contributed by atoms with E-state index in [1.165, 1.54) is 11.6 Å². The van der Waals surface area contributed by atoms with Crippen molar-refractivity contribution in [1.29, 1.82) is 0 Å². The molecular formula is C16H19FN2. The predicted molar refractivity (Wildman–Crippen MR) is 78.2 cm³/mol. The Morgan fingerprint density at radius 2 is 1.95 bits per heavy atom. The molecule has 19 heavy (non-hydrogen) atoms. The summed E-state index contributed by atoms with van der Waals surface area (Å²) in [6.45, 7) is 5.33. The third kappa shape index (κ3) is 2.93. The quantitative estimate of drug-likeness (QED) is 0.905. The van der Waals surface area contributed by atoms with E-state index >= 15 is 0 Å². The van der Waals surface area contributed by atoms with E-state index in [-0.39, 0.29) is 5.82 Å². The van der Waals surface area contributed by atoms with E-state index in [2.05, 4.69) is 11.0 Å². The molecule has 2 aromatic rings. The maximum absolute atomic E-state index is 13.4. The zero-order valence-corrected chi connectivity index (χ0v) is 11.4. The Morgan fingerprint density at radius 1 is 1.16 bits per heavy atom. The third-order valence-corrected chi connectivity index (χ3v) is 3.19. The molecule has 100 valence electrons. The number of rotatable bonds is 4. The van der Waals surface area contributed by atoms with Crippen LogP contribution in [-0.4, -0.2) is 6.54 Å². The summed E-state index contributed by atoms with van der Waals surface area (Å²) in [7, 11) is 0. The molecule has 0 heterocycles. The van der Waals surface area contributed by atoms with Crippen molar-refractivity contribution in [3.63, 3.8) is 0 Å². The van der Waals surface area contributed by atoms with Crippen LogP contribution in [0.2, 0.25) is 0 Å². The van der Waals surface area contributed by atoms with Gasteiger partial charge in [0, 0.05) is 24.5 Å². The Balaban J connectivity index is 2.50. The number of halogens is 1. The summed E-state index contributed by atoms with van der Waals surface area (Å²) in [5, 5.41) is 0. The fourth-order valence-electron chi connectivity index (χ4n) is 2.23. The SMILES string of the molecule is CCN(c1cccc(F)c1)c1cc(C)ccc1CN. The van der Waals surface area contributed by atoms with Gasteiger partial charge in [-0.25, -0.2) is 4.39 Å². The number of nitrogens with two attached hydrogens (primary N) is 1. The fourth-order valence-corrected chi connectivity index (χ4v) is 2.23. The highest BCUT2D eigenvalue weighted by atomic mass is 19.1. The molecule has 0 aliphatic carbocycles. The molecule has 2 aromatic carbocycles. The van der Waals surface area contributed by atoms with E-state index in [9.17, 15) is 4.39 Å². The number of benzene rings is 2. The van der Waals surface area contributed by atoms with Crippen LogP contribution in [-0.2, 0) is 6.54 Å². The van der Waals surface area contributed by atoms with Gasteiger partial charge in [0.05, 0.1) is 0 Å². The van der Waals surface area contributed by atoms with Gasteiger partial charge in [-0.1, -0.05) is 18.2 Å². The average molecular weight is 258 g/mol. The smallest absolute Gasteiger partial charge is 0.125 e. The van der Waals surface area contributed by atoms with E-state index in [1.54, 1.807) is 12.1 Å². The Labute approximate surface area is 113 Å². The van der Waals surface area contributed by atoms with Gasteiger partial charge in [-0.3, -0.25) is 0 Å². The van der Waals surface area contributed by atoms with Crippen LogP contribution in [0.1, 0.15) is 18.1 Å². The molecule has 0 unspecified atom stereocenters. The Bertz CT molecular complexity index is 566. The maximum atomic E-state index is 13.4. The van der Waals surface area contributed by atoms with Gasteiger partial charge >= 0.3 is 0 Å². The molecule has 2 N–H and O–H groups in total.